The van der Waals surface area contributed by atoms with Crippen molar-refractivity contribution in [2.45, 2.75) is 77.0 Å². The fourth-order valence-electron chi connectivity index (χ4n) is 1.96. The Morgan fingerprint density at radius 1 is 0.682 bits per heavy atom. The summed E-state index contributed by atoms with van der Waals surface area (Å²) >= 11 is 3.39. The van der Waals surface area contributed by atoms with Gasteiger partial charge in [-0.05, 0) is 31.2 Å². The van der Waals surface area contributed by atoms with E-state index in [0.29, 0.717) is 19.8 Å². The predicted octanol–water partition coefficient (Wildman–Crippen LogP) is 5.34. The van der Waals surface area contributed by atoms with Gasteiger partial charge >= 0.3 is 0 Å². The highest BCUT2D eigenvalue weighted by molar-refractivity contribution is 9.09. The van der Waals surface area contributed by atoms with Gasteiger partial charge in [0.25, 0.3) is 0 Å². The third kappa shape index (κ3) is 28.0. The average molecular weight is 380 g/mol. The molecule has 0 spiro atoms. The lowest BCUT2D eigenvalue weighted by atomic mass is 10.1. The molecular weight excluding hydrogens is 346 g/mol. The summed E-state index contributed by atoms with van der Waals surface area (Å²) < 4.78 is 0. The molecule has 0 fully saturated rings. The molecule has 0 aliphatic heterocycles. The number of rotatable bonds is 15. The normalized spacial score (nSPS) is 9.77. The molecule has 0 unspecified atom stereocenters. The van der Waals surface area contributed by atoms with Crippen LogP contribution in [-0.4, -0.2) is 35.3 Å². The Balaban J connectivity index is 0. The van der Waals surface area contributed by atoms with Gasteiger partial charge in [0.2, 0.25) is 0 Å². The van der Waals surface area contributed by atoms with Crippen LogP contribution in [0.3, 0.4) is 0 Å². The van der Waals surface area contributed by atoms with Crippen LogP contribution in [0, 0.1) is 0 Å². The fraction of sp³-hybridized carbons (Fsp3) is 1.00. The number of alkyl halides is 1. The van der Waals surface area contributed by atoms with Crippen molar-refractivity contribution in [2.24, 2.45) is 5.11 Å². The van der Waals surface area contributed by atoms with E-state index < -0.39 is 0 Å². The molecule has 0 aliphatic carbocycles. The molecule has 0 atom stereocenters. The van der Waals surface area contributed by atoms with Gasteiger partial charge in [-0.2, -0.15) is 0 Å². The fourth-order valence-corrected chi connectivity index (χ4v) is 2.36. The minimum absolute atomic E-state index is 0.304. The van der Waals surface area contributed by atoms with Gasteiger partial charge in [0.15, 0.2) is 0 Å². The number of azide groups is 1. The molecule has 0 saturated carbocycles. The van der Waals surface area contributed by atoms with Gasteiger partial charge in [0.05, 0.1) is 0 Å². The molecule has 0 rings (SSSR count). The first-order valence-corrected chi connectivity index (χ1v) is 9.74. The Bertz CT molecular complexity index is 229. The topological polar surface area (TPSA) is 89.2 Å². The minimum Gasteiger partial charge on any atom is -0.396 e. The first-order chi connectivity index (χ1) is 10.8. The summed E-state index contributed by atoms with van der Waals surface area (Å²) in [7, 11) is 0. The lowest BCUT2D eigenvalue weighted by Crippen LogP contribution is -1.84. The Kier molecular flexibility index (Phi) is 27.9. The number of aliphatic hydroxyl groups excluding tert-OH is 2. The maximum Gasteiger partial charge on any atom is 0.0431 e. The number of unbranched alkanes of at least 4 members (excludes halogenated alkanes) is 10. The van der Waals surface area contributed by atoms with Crippen molar-refractivity contribution in [3.63, 3.8) is 0 Å². The third-order valence-electron chi connectivity index (χ3n) is 3.27. The third-order valence-corrected chi connectivity index (χ3v) is 3.83. The molecule has 0 heterocycles. The highest BCUT2D eigenvalue weighted by atomic mass is 79.9. The van der Waals surface area contributed by atoms with Gasteiger partial charge in [-0.25, -0.2) is 0 Å². The molecule has 6 heteroatoms. The lowest BCUT2D eigenvalue weighted by molar-refractivity contribution is 0.282. The smallest absolute Gasteiger partial charge is 0.0431 e. The molecule has 0 aromatic carbocycles. The van der Waals surface area contributed by atoms with Crippen molar-refractivity contribution < 1.29 is 10.2 Å². The standard InChI is InChI=1S/C8H17BrO.C8H17N3O/c9-7-5-3-1-2-4-6-8-10;9-11-10-7-5-3-1-2-4-6-8-12/h10H,1-8H2;12H,1-8H2. The zero-order valence-corrected chi connectivity index (χ0v) is 15.5. The van der Waals surface area contributed by atoms with Crippen molar-refractivity contribution in [1.29, 1.82) is 0 Å². The van der Waals surface area contributed by atoms with Crippen molar-refractivity contribution >= 4 is 15.9 Å². The van der Waals surface area contributed by atoms with Gasteiger partial charge in [-0.3, -0.25) is 0 Å². The largest absolute Gasteiger partial charge is 0.396 e. The van der Waals surface area contributed by atoms with E-state index in [9.17, 15) is 0 Å². The second kappa shape index (κ2) is 25.7. The van der Waals surface area contributed by atoms with Crippen LogP contribution >= 0.6 is 15.9 Å². The molecule has 0 bridgehead atoms. The van der Waals surface area contributed by atoms with Crippen LogP contribution in [0.5, 0.6) is 0 Å². The van der Waals surface area contributed by atoms with Crippen LogP contribution in [0.4, 0.5) is 0 Å². The molecule has 0 aromatic heterocycles. The SMILES string of the molecule is OCCCCCCCCBr.[N-]=[N+]=NCCCCCCCCO. The summed E-state index contributed by atoms with van der Waals surface area (Å²) in [4.78, 5) is 2.67. The molecule has 0 radical (unpaired) electrons. The summed E-state index contributed by atoms with van der Waals surface area (Å²) in [6.45, 7) is 1.29. The van der Waals surface area contributed by atoms with Crippen LogP contribution < -0.4 is 0 Å². The van der Waals surface area contributed by atoms with Gasteiger partial charge in [-0.15, -0.1) is 0 Å². The van der Waals surface area contributed by atoms with Gasteiger partial charge in [-0.1, -0.05) is 72.4 Å². The zero-order chi connectivity index (χ0) is 16.7. The maximum atomic E-state index is 8.48. The monoisotopic (exact) mass is 379 g/mol. The van der Waals surface area contributed by atoms with E-state index in [-0.39, 0.29) is 0 Å². The number of hydrogen-bond donors (Lipinski definition) is 2. The van der Waals surface area contributed by atoms with Crippen molar-refractivity contribution in [2.75, 3.05) is 25.1 Å². The zero-order valence-electron chi connectivity index (χ0n) is 13.9. The average Bonchev–Trinajstić information content (AvgIpc) is 2.54. The van der Waals surface area contributed by atoms with Crippen molar-refractivity contribution in [3.05, 3.63) is 10.4 Å². The van der Waals surface area contributed by atoms with E-state index in [1.807, 2.05) is 0 Å². The highest BCUT2D eigenvalue weighted by Gasteiger charge is 1.89. The Morgan fingerprint density at radius 3 is 1.50 bits per heavy atom. The number of hydrogen-bond acceptors (Lipinski definition) is 3. The summed E-state index contributed by atoms with van der Waals surface area (Å²) in [6, 6.07) is 0. The minimum atomic E-state index is 0.304. The quantitative estimate of drug-likeness (QED) is 0.132. The molecule has 2 N–H and O–H groups in total. The summed E-state index contributed by atoms with van der Waals surface area (Å²) in [5, 5.41) is 21.5. The van der Waals surface area contributed by atoms with E-state index in [4.69, 9.17) is 15.7 Å². The predicted molar refractivity (Wildman–Crippen MR) is 97.4 cm³/mol. The lowest BCUT2D eigenvalue weighted by Gasteiger charge is -1.97. The number of aliphatic hydroxyl groups is 2. The highest BCUT2D eigenvalue weighted by Crippen LogP contribution is 2.06. The van der Waals surface area contributed by atoms with E-state index >= 15 is 0 Å². The van der Waals surface area contributed by atoms with Gasteiger partial charge in [0.1, 0.15) is 0 Å². The first kappa shape index (κ1) is 24.0. The molecule has 5 nitrogen and oxygen atoms in total. The first-order valence-electron chi connectivity index (χ1n) is 8.62. The second-order valence-electron chi connectivity index (χ2n) is 5.33. The molecular formula is C16H34BrN3O2. The van der Waals surface area contributed by atoms with Crippen LogP contribution in [0.25, 0.3) is 10.4 Å². The van der Waals surface area contributed by atoms with Crippen LogP contribution in [0.2, 0.25) is 0 Å². The molecule has 0 aromatic rings. The van der Waals surface area contributed by atoms with E-state index in [1.165, 1.54) is 44.9 Å². The van der Waals surface area contributed by atoms with E-state index in [2.05, 4.69) is 26.0 Å². The molecule has 22 heavy (non-hydrogen) atoms. The van der Waals surface area contributed by atoms with Crippen LogP contribution in [0.15, 0.2) is 5.11 Å². The summed E-state index contributed by atoms with van der Waals surface area (Å²) in [5.41, 5.74) is 7.97. The molecule has 0 saturated heterocycles. The Hall–Kier alpha value is -0.290. The molecule has 132 valence electrons. The van der Waals surface area contributed by atoms with Crippen LogP contribution in [0.1, 0.15) is 77.0 Å². The van der Waals surface area contributed by atoms with Crippen molar-refractivity contribution in [3.8, 4) is 0 Å². The number of nitrogens with zero attached hydrogens (tertiary/aromatic N) is 3. The van der Waals surface area contributed by atoms with Crippen molar-refractivity contribution in [1.82, 2.24) is 0 Å². The van der Waals surface area contributed by atoms with Crippen LogP contribution in [-0.2, 0) is 0 Å². The number of halogens is 1. The van der Waals surface area contributed by atoms with E-state index in [0.717, 1.165) is 37.4 Å². The summed E-state index contributed by atoms with van der Waals surface area (Å²) in [6.07, 6.45) is 13.9. The second-order valence-corrected chi connectivity index (χ2v) is 6.13. The van der Waals surface area contributed by atoms with Gasteiger partial charge in [0, 0.05) is 30.0 Å². The molecule has 0 aliphatic rings. The van der Waals surface area contributed by atoms with Gasteiger partial charge < -0.3 is 10.2 Å². The maximum absolute atomic E-state index is 8.48. The summed E-state index contributed by atoms with van der Waals surface area (Å²) in [5.74, 6) is 0. The van der Waals surface area contributed by atoms with E-state index in [1.54, 1.807) is 0 Å². The Labute approximate surface area is 144 Å². The molecule has 0 amide bonds. The Morgan fingerprint density at radius 2 is 1.09 bits per heavy atom.